The first-order chi connectivity index (χ1) is 7.16. The number of esters is 1. The summed E-state index contributed by atoms with van der Waals surface area (Å²) in [4.78, 5) is 23.2. The van der Waals surface area contributed by atoms with Crippen LogP contribution in [0.1, 0.15) is 22.5 Å². The van der Waals surface area contributed by atoms with Gasteiger partial charge in [0.2, 0.25) is 5.78 Å². The van der Waals surface area contributed by atoms with Gasteiger partial charge in [0.1, 0.15) is 0 Å². The van der Waals surface area contributed by atoms with Crippen LogP contribution in [0.4, 0.5) is 0 Å². The van der Waals surface area contributed by atoms with Crippen molar-refractivity contribution < 1.29 is 14.3 Å². The number of rotatable bonds is 4. The van der Waals surface area contributed by atoms with Crippen LogP contribution in [0.15, 0.2) is 12.1 Å². The Labute approximate surface area is 96.0 Å². The maximum atomic E-state index is 11.5. The molecule has 1 fully saturated rings. The van der Waals surface area contributed by atoms with E-state index < -0.39 is 0 Å². The van der Waals surface area contributed by atoms with Crippen LogP contribution in [0.2, 0.25) is 4.34 Å². The normalized spacial score (nSPS) is 15.0. The lowest BCUT2D eigenvalue weighted by atomic mass is 10.3. The van der Waals surface area contributed by atoms with Crippen LogP contribution in [0.3, 0.4) is 0 Å². The molecule has 80 valence electrons. The summed E-state index contributed by atoms with van der Waals surface area (Å²) in [5.74, 6) is -0.420. The van der Waals surface area contributed by atoms with Gasteiger partial charge in [-0.2, -0.15) is 0 Å². The molecule has 0 spiro atoms. The maximum absolute atomic E-state index is 11.5. The van der Waals surface area contributed by atoms with Crippen LogP contribution < -0.4 is 0 Å². The summed E-state index contributed by atoms with van der Waals surface area (Å²) in [7, 11) is 0. The molecule has 0 aromatic carbocycles. The number of hydrogen-bond donors (Lipinski definition) is 0. The van der Waals surface area contributed by atoms with Crippen molar-refractivity contribution in [2.24, 2.45) is 5.92 Å². The summed E-state index contributed by atoms with van der Waals surface area (Å²) in [5.41, 5.74) is 0. The number of halogens is 1. The highest BCUT2D eigenvalue weighted by atomic mass is 35.5. The van der Waals surface area contributed by atoms with E-state index in [1.54, 1.807) is 12.1 Å². The molecule has 0 aliphatic heterocycles. The van der Waals surface area contributed by atoms with Crippen molar-refractivity contribution in [1.82, 2.24) is 0 Å². The average molecular weight is 245 g/mol. The van der Waals surface area contributed by atoms with E-state index in [1.807, 2.05) is 0 Å². The quantitative estimate of drug-likeness (QED) is 0.604. The maximum Gasteiger partial charge on any atom is 0.309 e. The Kier molecular flexibility index (Phi) is 3.07. The topological polar surface area (TPSA) is 43.4 Å². The second-order valence-electron chi connectivity index (χ2n) is 3.41. The average Bonchev–Trinajstić information content (AvgIpc) is 2.97. The van der Waals surface area contributed by atoms with E-state index in [2.05, 4.69) is 0 Å². The Morgan fingerprint density at radius 3 is 2.73 bits per heavy atom. The van der Waals surface area contributed by atoms with Gasteiger partial charge in [0.05, 0.1) is 15.1 Å². The zero-order valence-corrected chi connectivity index (χ0v) is 9.44. The lowest BCUT2D eigenvalue weighted by Crippen LogP contribution is -2.14. The molecule has 3 nitrogen and oxygen atoms in total. The highest BCUT2D eigenvalue weighted by Crippen LogP contribution is 2.30. The highest BCUT2D eigenvalue weighted by molar-refractivity contribution is 7.18. The number of carbonyl (C=O) groups excluding carboxylic acids is 2. The van der Waals surface area contributed by atoms with Gasteiger partial charge in [-0.25, -0.2) is 0 Å². The summed E-state index contributed by atoms with van der Waals surface area (Å²) < 4.78 is 5.43. The summed E-state index contributed by atoms with van der Waals surface area (Å²) in [6, 6.07) is 3.29. The summed E-state index contributed by atoms with van der Waals surface area (Å²) in [6.07, 6.45) is 1.77. The molecule has 5 heteroatoms. The molecular formula is C10H9ClO3S. The molecule has 1 aliphatic carbocycles. The van der Waals surface area contributed by atoms with Crippen LogP contribution in [0, 0.1) is 5.92 Å². The molecule has 15 heavy (non-hydrogen) atoms. The van der Waals surface area contributed by atoms with Crippen molar-refractivity contribution in [2.75, 3.05) is 6.61 Å². The number of Topliss-reactive ketones (excluding diaryl/α,β-unsaturated/α-hetero) is 1. The second kappa shape index (κ2) is 4.33. The van der Waals surface area contributed by atoms with Crippen LogP contribution in [0.5, 0.6) is 0 Å². The van der Waals surface area contributed by atoms with E-state index in [4.69, 9.17) is 16.3 Å². The van der Waals surface area contributed by atoms with E-state index in [0.29, 0.717) is 9.21 Å². The van der Waals surface area contributed by atoms with Crippen molar-refractivity contribution >= 4 is 34.7 Å². The molecule has 0 unspecified atom stereocenters. The Bertz CT molecular complexity index is 395. The van der Waals surface area contributed by atoms with Gasteiger partial charge >= 0.3 is 5.97 Å². The summed E-state index contributed by atoms with van der Waals surface area (Å²) >= 11 is 6.88. The first kappa shape index (κ1) is 10.6. The van der Waals surface area contributed by atoms with Crippen LogP contribution in [-0.4, -0.2) is 18.4 Å². The standard InChI is InChI=1S/C10H9ClO3S/c11-9-4-3-8(15-9)7(12)5-14-10(13)6-1-2-6/h3-4,6H,1-2,5H2. The Balaban J connectivity index is 1.84. The zero-order valence-electron chi connectivity index (χ0n) is 7.86. The van der Waals surface area contributed by atoms with Gasteiger partial charge in [-0.15, -0.1) is 11.3 Å². The molecule has 2 rings (SSSR count). The summed E-state index contributed by atoms with van der Waals surface area (Å²) in [6.45, 7) is -0.174. The zero-order chi connectivity index (χ0) is 10.8. The fourth-order valence-electron chi connectivity index (χ4n) is 1.11. The monoisotopic (exact) mass is 244 g/mol. The van der Waals surface area contributed by atoms with Crippen LogP contribution >= 0.6 is 22.9 Å². The summed E-state index contributed by atoms with van der Waals surface area (Å²) in [5, 5.41) is 0. The van der Waals surface area contributed by atoms with E-state index in [-0.39, 0.29) is 24.3 Å². The number of carbonyl (C=O) groups is 2. The third-order valence-corrected chi connectivity index (χ3v) is 3.38. The fraction of sp³-hybridized carbons (Fsp3) is 0.400. The van der Waals surface area contributed by atoms with Gasteiger partial charge in [-0.1, -0.05) is 11.6 Å². The smallest absolute Gasteiger partial charge is 0.309 e. The molecule has 1 aromatic rings. The second-order valence-corrected chi connectivity index (χ2v) is 5.12. The first-order valence-corrected chi connectivity index (χ1v) is 5.81. The third-order valence-electron chi connectivity index (χ3n) is 2.10. The molecule has 1 aliphatic rings. The minimum absolute atomic E-state index is 0.0322. The molecule has 0 saturated heterocycles. The predicted octanol–water partition coefficient (Wildman–Crippen LogP) is 2.54. The van der Waals surface area contributed by atoms with Gasteiger partial charge in [0.25, 0.3) is 0 Å². The molecule has 0 radical (unpaired) electrons. The molecule has 0 amide bonds. The van der Waals surface area contributed by atoms with Gasteiger partial charge in [-0.05, 0) is 25.0 Å². The third kappa shape index (κ3) is 2.79. The van der Waals surface area contributed by atoms with E-state index in [9.17, 15) is 9.59 Å². The van der Waals surface area contributed by atoms with E-state index in [0.717, 1.165) is 12.8 Å². The lowest BCUT2D eigenvalue weighted by Gasteiger charge is -2.00. The molecule has 1 heterocycles. The Hall–Kier alpha value is -0.870. The van der Waals surface area contributed by atoms with Crippen molar-refractivity contribution in [1.29, 1.82) is 0 Å². The first-order valence-electron chi connectivity index (χ1n) is 4.62. The van der Waals surface area contributed by atoms with E-state index in [1.165, 1.54) is 11.3 Å². The van der Waals surface area contributed by atoms with Gasteiger partial charge < -0.3 is 4.74 Å². The van der Waals surface area contributed by atoms with Gasteiger partial charge in [-0.3, -0.25) is 9.59 Å². The van der Waals surface area contributed by atoms with E-state index >= 15 is 0 Å². The lowest BCUT2D eigenvalue weighted by molar-refractivity contribution is -0.144. The molecule has 1 saturated carbocycles. The minimum Gasteiger partial charge on any atom is -0.457 e. The number of thiophene rings is 1. The molecule has 0 N–H and O–H groups in total. The van der Waals surface area contributed by atoms with Crippen LogP contribution in [-0.2, 0) is 9.53 Å². The van der Waals surface area contributed by atoms with Gasteiger partial charge in [0, 0.05) is 0 Å². The molecular weight excluding hydrogens is 236 g/mol. The fourth-order valence-corrected chi connectivity index (χ4v) is 2.08. The Morgan fingerprint density at radius 1 is 1.47 bits per heavy atom. The molecule has 0 bridgehead atoms. The highest BCUT2D eigenvalue weighted by Gasteiger charge is 2.31. The number of ether oxygens (including phenoxy) is 1. The SMILES string of the molecule is O=C(COC(=O)C1CC1)c1ccc(Cl)s1. The number of ketones is 1. The van der Waals surface area contributed by atoms with Crippen molar-refractivity contribution in [3.05, 3.63) is 21.3 Å². The number of hydrogen-bond acceptors (Lipinski definition) is 4. The van der Waals surface area contributed by atoms with Gasteiger partial charge in [0.15, 0.2) is 6.61 Å². The Morgan fingerprint density at radius 2 is 2.20 bits per heavy atom. The molecule has 0 atom stereocenters. The van der Waals surface area contributed by atoms with Crippen LogP contribution in [0.25, 0.3) is 0 Å². The van der Waals surface area contributed by atoms with Crippen molar-refractivity contribution in [3.8, 4) is 0 Å². The van der Waals surface area contributed by atoms with Crippen molar-refractivity contribution in [2.45, 2.75) is 12.8 Å². The largest absolute Gasteiger partial charge is 0.457 e. The predicted molar refractivity (Wildman–Crippen MR) is 57.3 cm³/mol. The van der Waals surface area contributed by atoms with Crippen molar-refractivity contribution in [3.63, 3.8) is 0 Å². The molecule has 1 aromatic heterocycles. The minimum atomic E-state index is -0.258.